The van der Waals surface area contributed by atoms with E-state index >= 15 is 0 Å². The number of hydrogen-bond donors (Lipinski definition) is 0. The van der Waals surface area contributed by atoms with Gasteiger partial charge in [0.15, 0.2) is 11.6 Å². The van der Waals surface area contributed by atoms with Crippen LogP contribution < -0.4 is 0 Å². The van der Waals surface area contributed by atoms with Crippen molar-refractivity contribution in [3.63, 3.8) is 0 Å². The van der Waals surface area contributed by atoms with Crippen molar-refractivity contribution >= 4 is 28.6 Å². The maximum atomic E-state index is 11.4. The van der Waals surface area contributed by atoms with Gasteiger partial charge in [0.1, 0.15) is 11.3 Å². The van der Waals surface area contributed by atoms with Crippen molar-refractivity contribution in [2.75, 3.05) is 0 Å². The molecule has 0 fully saturated rings. The molecule has 1 heterocycles. The first-order valence-corrected chi connectivity index (χ1v) is 5.72. The topological polar surface area (TPSA) is 47.3 Å². The molecule has 1 aromatic heterocycles. The Morgan fingerprint density at radius 1 is 1.11 bits per heavy atom. The molecule has 0 radical (unpaired) electrons. The number of benzene rings is 1. The van der Waals surface area contributed by atoms with Gasteiger partial charge in [-0.2, -0.15) is 0 Å². The number of rotatable bonds is 3. The summed E-state index contributed by atoms with van der Waals surface area (Å²) >= 11 is 0. The van der Waals surface area contributed by atoms with Gasteiger partial charge in [0.2, 0.25) is 0 Å². The van der Waals surface area contributed by atoms with Crippen molar-refractivity contribution in [2.24, 2.45) is 0 Å². The first-order chi connectivity index (χ1) is 8.50. The van der Waals surface area contributed by atoms with Crippen LogP contribution >= 0.6 is 0 Å². The Morgan fingerprint density at radius 3 is 2.28 bits per heavy atom. The Kier molecular flexibility index (Phi) is 3.15. The molecule has 0 atom stereocenters. The van der Waals surface area contributed by atoms with E-state index in [-0.39, 0.29) is 17.1 Å². The highest BCUT2D eigenvalue weighted by Gasteiger charge is 2.13. The smallest absolute Gasteiger partial charge is 0.163 e. The fourth-order valence-electron chi connectivity index (χ4n) is 1.91. The average molecular weight is 242 g/mol. The minimum absolute atomic E-state index is 0.164. The highest BCUT2D eigenvalue weighted by Crippen LogP contribution is 2.26. The first kappa shape index (κ1) is 12.3. The zero-order valence-electron chi connectivity index (χ0n) is 10.6. The molecule has 18 heavy (non-hydrogen) atoms. The van der Waals surface area contributed by atoms with Crippen LogP contribution in [0.3, 0.4) is 0 Å². The van der Waals surface area contributed by atoms with Crippen molar-refractivity contribution in [1.29, 1.82) is 0 Å². The quantitative estimate of drug-likeness (QED) is 0.471. The molecule has 3 heteroatoms. The van der Waals surface area contributed by atoms with Gasteiger partial charge in [0, 0.05) is 10.9 Å². The number of furan rings is 1. The van der Waals surface area contributed by atoms with Gasteiger partial charge in [-0.05, 0) is 32.9 Å². The van der Waals surface area contributed by atoms with Gasteiger partial charge in [0.25, 0.3) is 0 Å². The molecule has 0 aliphatic heterocycles. The van der Waals surface area contributed by atoms with Gasteiger partial charge in [-0.15, -0.1) is 0 Å². The Morgan fingerprint density at radius 2 is 1.72 bits per heavy atom. The van der Waals surface area contributed by atoms with Crippen LogP contribution in [-0.2, 0) is 9.59 Å². The van der Waals surface area contributed by atoms with E-state index in [2.05, 4.69) is 0 Å². The second kappa shape index (κ2) is 4.61. The molecule has 0 aliphatic carbocycles. The lowest BCUT2D eigenvalue weighted by Crippen LogP contribution is -2.05. The molecule has 0 bridgehead atoms. The van der Waals surface area contributed by atoms with Crippen molar-refractivity contribution < 1.29 is 14.0 Å². The van der Waals surface area contributed by atoms with E-state index in [1.165, 1.54) is 19.9 Å². The van der Waals surface area contributed by atoms with E-state index in [0.717, 1.165) is 16.5 Å². The normalized spacial score (nSPS) is 10.4. The second-order valence-corrected chi connectivity index (χ2v) is 4.26. The summed E-state index contributed by atoms with van der Waals surface area (Å²) in [6.45, 7) is 4.67. The van der Waals surface area contributed by atoms with Crippen molar-refractivity contribution in [2.45, 2.75) is 20.8 Å². The summed E-state index contributed by atoms with van der Waals surface area (Å²) in [5.41, 5.74) is 1.86. The number of carbonyl (C=O) groups excluding carboxylic acids is 2. The zero-order valence-corrected chi connectivity index (χ0v) is 10.6. The lowest BCUT2D eigenvalue weighted by molar-refractivity contribution is -0.119. The minimum Gasteiger partial charge on any atom is -0.456 e. The van der Waals surface area contributed by atoms with Crippen LogP contribution in [0.5, 0.6) is 0 Å². The summed E-state index contributed by atoms with van der Waals surface area (Å²) < 4.78 is 5.65. The largest absolute Gasteiger partial charge is 0.456 e. The monoisotopic (exact) mass is 242 g/mol. The molecule has 0 saturated carbocycles. The first-order valence-electron chi connectivity index (χ1n) is 5.72. The minimum atomic E-state index is -0.248. The third kappa shape index (κ3) is 2.12. The predicted molar refractivity (Wildman–Crippen MR) is 70.3 cm³/mol. The number of allylic oxidation sites excluding steroid dienone is 1. The van der Waals surface area contributed by atoms with Gasteiger partial charge in [-0.25, -0.2) is 0 Å². The molecular formula is C15H14O3. The van der Waals surface area contributed by atoms with Crippen molar-refractivity contribution in [3.05, 3.63) is 41.2 Å². The number of Topliss-reactive ketones (excluding diaryl/α,β-unsaturated/α-hetero) is 2. The summed E-state index contributed by atoms with van der Waals surface area (Å²) in [6, 6.07) is 7.62. The molecule has 0 saturated heterocycles. The highest BCUT2D eigenvalue weighted by molar-refractivity contribution is 6.21. The fraction of sp³-hybridized carbons (Fsp3) is 0.200. The molecule has 0 unspecified atom stereocenters. The third-order valence-corrected chi connectivity index (χ3v) is 2.91. The van der Waals surface area contributed by atoms with Gasteiger partial charge in [0.05, 0.1) is 5.57 Å². The van der Waals surface area contributed by atoms with Gasteiger partial charge in [-0.1, -0.05) is 18.2 Å². The molecule has 92 valence electrons. The number of carbonyl (C=O) groups is 2. The standard InChI is InChI=1S/C15H14O3/c1-9-12-6-4-5-7-14(12)18-15(9)8-13(10(2)16)11(3)17/h4-8H,1-3H3. The van der Waals surface area contributed by atoms with Crippen LogP contribution in [0.1, 0.15) is 25.2 Å². The Balaban J connectivity index is 2.61. The van der Waals surface area contributed by atoms with Gasteiger partial charge < -0.3 is 4.42 Å². The number of fused-ring (bicyclic) bond motifs is 1. The van der Waals surface area contributed by atoms with Crippen LogP contribution in [0.15, 0.2) is 34.3 Å². The molecule has 0 amide bonds. The van der Waals surface area contributed by atoms with Gasteiger partial charge >= 0.3 is 0 Å². The summed E-state index contributed by atoms with van der Waals surface area (Å²) in [7, 11) is 0. The van der Waals surface area contributed by atoms with Crippen molar-refractivity contribution in [3.8, 4) is 0 Å². The number of hydrogen-bond acceptors (Lipinski definition) is 3. The van der Waals surface area contributed by atoms with Crippen molar-refractivity contribution in [1.82, 2.24) is 0 Å². The molecule has 1 aromatic carbocycles. The molecular weight excluding hydrogens is 228 g/mol. The van der Waals surface area contributed by atoms with E-state index in [1.54, 1.807) is 0 Å². The maximum Gasteiger partial charge on any atom is 0.163 e. The Hall–Kier alpha value is -2.16. The Bertz CT molecular complexity index is 643. The number of aryl methyl sites for hydroxylation is 1. The number of para-hydroxylation sites is 1. The second-order valence-electron chi connectivity index (χ2n) is 4.26. The molecule has 3 nitrogen and oxygen atoms in total. The third-order valence-electron chi connectivity index (χ3n) is 2.91. The summed E-state index contributed by atoms with van der Waals surface area (Å²) in [5.74, 6) is 0.0707. The fourth-order valence-corrected chi connectivity index (χ4v) is 1.91. The van der Waals surface area contributed by atoms with Crippen LogP contribution in [0.25, 0.3) is 17.0 Å². The molecule has 2 aromatic rings. The van der Waals surface area contributed by atoms with E-state index in [9.17, 15) is 9.59 Å². The van der Waals surface area contributed by atoms with E-state index in [0.29, 0.717) is 5.76 Å². The molecule has 0 N–H and O–H groups in total. The van der Waals surface area contributed by atoms with Crippen LogP contribution in [0.2, 0.25) is 0 Å². The SMILES string of the molecule is CC(=O)C(=Cc1oc2ccccc2c1C)C(C)=O. The zero-order chi connectivity index (χ0) is 13.3. The summed E-state index contributed by atoms with van der Waals surface area (Å²) in [4.78, 5) is 22.8. The van der Waals surface area contributed by atoms with E-state index in [1.807, 2.05) is 31.2 Å². The van der Waals surface area contributed by atoms with Crippen LogP contribution in [-0.4, -0.2) is 11.6 Å². The molecule has 0 aliphatic rings. The molecule has 0 spiro atoms. The van der Waals surface area contributed by atoms with Crippen LogP contribution in [0, 0.1) is 6.92 Å². The van der Waals surface area contributed by atoms with E-state index < -0.39 is 0 Å². The lowest BCUT2D eigenvalue weighted by Gasteiger charge is -1.97. The van der Waals surface area contributed by atoms with E-state index in [4.69, 9.17) is 4.42 Å². The average Bonchev–Trinajstić information content (AvgIpc) is 2.63. The number of ketones is 2. The summed E-state index contributed by atoms with van der Waals surface area (Å²) in [5, 5.41) is 0.996. The van der Waals surface area contributed by atoms with Gasteiger partial charge in [-0.3, -0.25) is 9.59 Å². The maximum absolute atomic E-state index is 11.4. The van der Waals surface area contributed by atoms with Crippen LogP contribution in [0.4, 0.5) is 0 Å². The predicted octanol–water partition coefficient (Wildman–Crippen LogP) is 3.30. The molecule has 2 rings (SSSR count). The highest BCUT2D eigenvalue weighted by atomic mass is 16.3. The lowest BCUT2D eigenvalue weighted by atomic mass is 10.1. The Labute approximate surface area is 105 Å². The summed E-state index contributed by atoms with van der Waals surface area (Å²) in [6.07, 6.45) is 1.53.